The van der Waals surface area contributed by atoms with Gasteiger partial charge in [0.25, 0.3) is 0 Å². The summed E-state index contributed by atoms with van der Waals surface area (Å²) in [4.78, 5) is 14.4. The van der Waals surface area contributed by atoms with Gasteiger partial charge in [-0.2, -0.15) is 0 Å². The Morgan fingerprint density at radius 1 is 1.42 bits per heavy atom. The number of thiophene rings is 1. The number of anilines is 1. The molecule has 1 atom stereocenters. The van der Waals surface area contributed by atoms with E-state index in [2.05, 4.69) is 36.0 Å². The highest BCUT2D eigenvalue weighted by atomic mass is 32.1. The molecule has 6 heteroatoms. The largest absolute Gasteiger partial charge is 0.375 e. The van der Waals surface area contributed by atoms with Crippen molar-refractivity contribution < 1.29 is 4.74 Å². The SMILES string of the molecule is CCN(c1ncnc2sc3c(c12)CCNC3)[C@H]1CCOC(C)(C)C1. The summed E-state index contributed by atoms with van der Waals surface area (Å²) in [6.07, 6.45) is 4.92. The van der Waals surface area contributed by atoms with Crippen LogP contribution in [0.2, 0.25) is 0 Å². The summed E-state index contributed by atoms with van der Waals surface area (Å²) in [7, 11) is 0. The average molecular weight is 347 g/mol. The molecule has 1 fully saturated rings. The van der Waals surface area contributed by atoms with E-state index in [1.807, 2.05) is 11.3 Å². The monoisotopic (exact) mass is 346 g/mol. The Bertz CT molecular complexity index is 742. The molecule has 2 aliphatic rings. The highest BCUT2D eigenvalue weighted by Gasteiger charge is 2.33. The topological polar surface area (TPSA) is 50.3 Å². The smallest absolute Gasteiger partial charge is 0.141 e. The molecule has 0 spiro atoms. The van der Waals surface area contributed by atoms with E-state index in [4.69, 9.17) is 9.72 Å². The predicted octanol–water partition coefficient (Wildman–Crippen LogP) is 3.12. The molecule has 4 rings (SSSR count). The van der Waals surface area contributed by atoms with Crippen molar-refractivity contribution >= 4 is 27.4 Å². The van der Waals surface area contributed by atoms with Crippen LogP contribution in [-0.4, -0.2) is 41.3 Å². The Morgan fingerprint density at radius 2 is 2.29 bits per heavy atom. The number of hydrogen-bond acceptors (Lipinski definition) is 6. The summed E-state index contributed by atoms with van der Waals surface area (Å²) in [5.74, 6) is 1.13. The highest BCUT2D eigenvalue weighted by Crippen LogP contribution is 2.39. The predicted molar refractivity (Wildman–Crippen MR) is 98.9 cm³/mol. The first-order chi connectivity index (χ1) is 11.6. The molecule has 2 aromatic rings. The summed E-state index contributed by atoms with van der Waals surface area (Å²) in [6, 6.07) is 0.481. The molecule has 2 aliphatic heterocycles. The van der Waals surface area contributed by atoms with Gasteiger partial charge in [-0.15, -0.1) is 11.3 Å². The van der Waals surface area contributed by atoms with Crippen LogP contribution in [0.3, 0.4) is 0 Å². The number of hydrogen-bond donors (Lipinski definition) is 1. The van der Waals surface area contributed by atoms with Gasteiger partial charge < -0.3 is 15.0 Å². The van der Waals surface area contributed by atoms with Crippen molar-refractivity contribution in [2.24, 2.45) is 0 Å². The minimum atomic E-state index is -0.0551. The maximum Gasteiger partial charge on any atom is 0.141 e. The molecule has 0 aromatic carbocycles. The molecule has 24 heavy (non-hydrogen) atoms. The second kappa shape index (κ2) is 6.24. The first kappa shape index (κ1) is 16.2. The van der Waals surface area contributed by atoms with Gasteiger partial charge in [0.05, 0.1) is 11.0 Å². The van der Waals surface area contributed by atoms with Crippen LogP contribution < -0.4 is 10.2 Å². The summed E-state index contributed by atoms with van der Waals surface area (Å²) in [6.45, 7) is 10.4. The summed E-state index contributed by atoms with van der Waals surface area (Å²) < 4.78 is 5.92. The van der Waals surface area contributed by atoms with E-state index >= 15 is 0 Å². The van der Waals surface area contributed by atoms with E-state index in [-0.39, 0.29) is 5.60 Å². The fourth-order valence-electron chi connectivity index (χ4n) is 4.11. The maximum atomic E-state index is 5.92. The third kappa shape index (κ3) is 2.80. The molecule has 1 N–H and O–H groups in total. The van der Waals surface area contributed by atoms with E-state index in [0.717, 1.165) is 56.2 Å². The Balaban J connectivity index is 1.78. The van der Waals surface area contributed by atoms with Crippen LogP contribution in [0.25, 0.3) is 10.2 Å². The molecule has 0 bridgehead atoms. The molecule has 5 nitrogen and oxygen atoms in total. The van der Waals surface area contributed by atoms with Crippen LogP contribution in [0.4, 0.5) is 5.82 Å². The van der Waals surface area contributed by atoms with Gasteiger partial charge >= 0.3 is 0 Å². The zero-order valence-corrected chi connectivity index (χ0v) is 15.6. The van der Waals surface area contributed by atoms with Gasteiger partial charge in [0.2, 0.25) is 0 Å². The number of fused-ring (bicyclic) bond motifs is 3. The van der Waals surface area contributed by atoms with Crippen LogP contribution in [0, 0.1) is 0 Å². The van der Waals surface area contributed by atoms with Gasteiger partial charge in [0, 0.05) is 30.6 Å². The molecular formula is C18H26N4OS. The summed E-state index contributed by atoms with van der Waals surface area (Å²) in [5.41, 5.74) is 1.41. The van der Waals surface area contributed by atoms with Gasteiger partial charge in [0.1, 0.15) is 17.0 Å². The lowest BCUT2D eigenvalue weighted by molar-refractivity contribution is -0.0588. The number of nitrogens with zero attached hydrogens (tertiary/aromatic N) is 3. The van der Waals surface area contributed by atoms with Crippen molar-refractivity contribution in [3.63, 3.8) is 0 Å². The number of rotatable bonds is 3. The van der Waals surface area contributed by atoms with Gasteiger partial charge in [-0.05, 0) is 52.1 Å². The fraction of sp³-hybridized carbons (Fsp3) is 0.667. The molecule has 0 amide bonds. The van der Waals surface area contributed by atoms with Gasteiger partial charge in [-0.25, -0.2) is 9.97 Å². The van der Waals surface area contributed by atoms with Gasteiger partial charge in [0.15, 0.2) is 0 Å². The van der Waals surface area contributed by atoms with Crippen LogP contribution in [0.1, 0.15) is 44.1 Å². The standard InChI is InChI=1S/C18H26N4OS/c1-4-22(12-6-8-23-18(2,3)9-12)16-15-13-5-7-19-10-14(13)24-17(15)21-11-20-16/h11-12,19H,4-10H2,1-3H3/t12-/m0/s1. The third-order valence-electron chi connectivity index (χ3n) is 5.21. The van der Waals surface area contributed by atoms with Crippen molar-refractivity contribution in [1.29, 1.82) is 0 Å². The van der Waals surface area contributed by atoms with Crippen molar-refractivity contribution in [1.82, 2.24) is 15.3 Å². The second-order valence-electron chi connectivity index (χ2n) is 7.35. The Kier molecular flexibility index (Phi) is 4.22. The van der Waals surface area contributed by atoms with Crippen LogP contribution in [0.15, 0.2) is 6.33 Å². The minimum absolute atomic E-state index is 0.0551. The van der Waals surface area contributed by atoms with Crippen LogP contribution in [0.5, 0.6) is 0 Å². The molecule has 4 heterocycles. The molecule has 1 saturated heterocycles. The van der Waals surface area contributed by atoms with E-state index in [9.17, 15) is 0 Å². The average Bonchev–Trinajstić information content (AvgIpc) is 2.94. The zero-order valence-electron chi connectivity index (χ0n) is 14.8. The van der Waals surface area contributed by atoms with Gasteiger partial charge in [-0.1, -0.05) is 0 Å². The lowest BCUT2D eigenvalue weighted by atomic mass is 9.92. The van der Waals surface area contributed by atoms with E-state index in [1.54, 1.807) is 6.33 Å². The maximum absolute atomic E-state index is 5.92. The number of nitrogens with one attached hydrogen (secondary N) is 1. The Labute approximate surface area is 147 Å². The van der Waals surface area contributed by atoms with Crippen molar-refractivity contribution in [2.75, 3.05) is 24.6 Å². The molecule has 0 radical (unpaired) electrons. The first-order valence-corrected chi connectivity index (χ1v) is 9.77. The van der Waals surface area contributed by atoms with Crippen molar-refractivity contribution in [3.05, 3.63) is 16.8 Å². The minimum Gasteiger partial charge on any atom is -0.375 e. The molecule has 2 aromatic heterocycles. The molecule has 0 saturated carbocycles. The Hall–Kier alpha value is -1.24. The van der Waals surface area contributed by atoms with Gasteiger partial charge in [-0.3, -0.25) is 0 Å². The third-order valence-corrected chi connectivity index (χ3v) is 6.35. The van der Waals surface area contributed by atoms with Crippen LogP contribution >= 0.6 is 11.3 Å². The lowest BCUT2D eigenvalue weighted by Gasteiger charge is -2.41. The number of aromatic nitrogens is 2. The van der Waals surface area contributed by atoms with Crippen molar-refractivity contribution in [2.45, 2.75) is 58.2 Å². The van der Waals surface area contributed by atoms with E-state index < -0.39 is 0 Å². The normalized spacial score (nSPS) is 23.2. The lowest BCUT2D eigenvalue weighted by Crippen LogP contribution is -2.46. The summed E-state index contributed by atoms with van der Waals surface area (Å²) >= 11 is 1.82. The molecule has 0 unspecified atom stereocenters. The quantitative estimate of drug-likeness (QED) is 0.925. The fourth-order valence-corrected chi connectivity index (χ4v) is 5.26. The second-order valence-corrected chi connectivity index (χ2v) is 8.43. The van der Waals surface area contributed by atoms with E-state index in [0.29, 0.717) is 6.04 Å². The Morgan fingerprint density at radius 3 is 3.08 bits per heavy atom. The number of ether oxygens (including phenoxy) is 1. The van der Waals surface area contributed by atoms with Crippen LogP contribution in [-0.2, 0) is 17.7 Å². The van der Waals surface area contributed by atoms with Crippen molar-refractivity contribution in [3.8, 4) is 0 Å². The zero-order chi connectivity index (χ0) is 16.7. The molecule has 130 valence electrons. The first-order valence-electron chi connectivity index (χ1n) is 8.95. The molecular weight excluding hydrogens is 320 g/mol. The highest BCUT2D eigenvalue weighted by molar-refractivity contribution is 7.19. The molecule has 0 aliphatic carbocycles. The summed E-state index contributed by atoms with van der Waals surface area (Å²) in [5, 5.41) is 4.77. The van der Waals surface area contributed by atoms with E-state index in [1.165, 1.54) is 15.8 Å².